The van der Waals surface area contributed by atoms with Crippen LogP contribution in [0, 0.1) is 18.3 Å². The lowest BCUT2D eigenvalue weighted by atomic mass is 10.1. The number of alkyl halides is 2. The van der Waals surface area contributed by atoms with Crippen LogP contribution in [-0.2, 0) is 0 Å². The number of hydrogen-bond donors (Lipinski definition) is 0. The van der Waals surface area contributed by atoms with Crippen LogP contribution in [0.25, 0.3) is 16.9 Å². The monoisotopic (exact) mass is 309 g/mol. The lowest BCUT2D eigenvalue weighted by Crippen LogP contribution is -2.00. The van der Waals surface area contributed by atoms with Crippen LogP contribution < -0.4 is 0 Å². The van der Waals surface area contributed by atoms with E-state index in [-0.39, 0.29) is 5.56 Å². The Bertz CT molecular complexity index is 860. The standard InChI is InChI=1S/C18H13F2N3/c1-12-7-9-14(10-8-12)23-17(13-5-3-2-4-6-13)15(11-21)16(22-23)18(19)20/h2-10,18H,1H3. The highest BCUT2D eigenvalue weighted by molar-refractivity contribution is 5.70. The quantitative estimate of drug-likeness (QED) is 0.706. The lowest BCUT2D eigenvalue weighted by Gasteiger charge is -2.08. The molecule has 0 fully saturated rings. The molecule has 0 N–H and O–H groups in total. The second-order valence-electron chi connectivity index (χ2n) is 5.13. The SMILES string of the molecule is Cc1ccc(-n2nc(C(F)F)c(C#N)c2-c2ccccc2)cc1. The van der Waals surface area contributed by atoms with Gasteiger partial charge in [-0.1, -0.05) is 48.0 Å². The summed E-state index contributed by atoms with van der Waals surface area (Å²) in [6, 6.07) is 18.2. The molecular weight excluding hydrogens is 296 g/mol. The fraction of sp³-hybridized carbons (Fsp3) is 0.111. The molecule has 0 aliphatic carbocycles. The molecule has 1 aromatic heterocycles. The van der Waals surface area contributed by atoms with E-state index in [4.69, 9.17) is 0 Å². The van der Waals surface area contributed by atoms with Crippen LogP contribution in [0.1, 0.15) is 23.2 Å². The van der Waals surface area contributed by atoms with Gasteiger partial charge in [0.1, 0.15) is 17.3 Å². The van der Waals surface area contributed by atoms with Crippen molar-refractivity contribution in [3.8, 4) is 23.0 Å². The van der Waals surface area contributed by atoms with Gasteiger partial charge in [0.15, 0.2) is 0 Å². The van der Waals surface area contributed by atoms with Crippen molar-refractivity contribution in [2.75, 3.05) is 0 Å². The topological polar surface area (TPSA) is 41.6 Å². The van der Waals surface area contributed by atoms with E-state index in [2.05, 4.69) is 5.10 Å². The van der Waals surface area contributed by atoms with E-state index in [0.29, 0.717) is 16.9 Å². The van der Waals surface area contributed by atoms with Gasteiger partial charge in [-0.05, 0) is 19.1 Å². The summed E-state index contributed by atoms with van der Waals surface area (Å²) in [6.45, 7) is 1.94. The Balaban J connectivity index is 2.31. The molecule has 114 valence electrons. The Morgan fingerprint density at radius 3 is 2.26 bits per heavy atom. The molecule has 23 heavy (non-hydrogen) atoms. The van der Waals surface area contributed by atoms with Gasteiger partial charge >= 0.3 is 0 Å². The minimum atomic E-state index is -2.81. The number of aryl methyl sites for hydroxylation is 1. The van der Waals surface area contributed by atoms with Gasteiger partial charge in [0.25, 0.3) is 6.43 Å². The third-order valence-electron chi connectivity index (χ3n) is 3.56. The van der Waals surface area contributed by atoms with Crippen molar-refractivity contribution in [3.63, 3.8) is 0 Å². The van der Waals surface area contributed by atoms with Gasteiger partial charge in [-0.25, -0.2) is 13.5 Å². The predicted octanol–water partition coefficient (Wildman–Crippen LogP) is 4.66. The third kappa shape index (κ3) is 2.71. The number of halogens is 2. The van der Waals surface area contributed by atoms with Crippen LogP contribution in [0.3, 0.4) is 0 Å². The zero-order valence-corrected chi connectivity index (χ0v) is 12.4. The van der Waals surface area contributed by atoms with Crippen LogP contribution in [0.15, 0.2) is 54.6 Å². The minimum Gasteiger partial charge on any atom is -0.231 e. The second kappa shape index (κ2) is 6.01. The highest BCUT2D eigenvalue weighted by Gasteiger charge is 2.25. The summed E-state index contributed by atoms with van der Waals surface area (Å²) in [7, 11) is 0. The first-order valence-electron chi connectivity index (χ1n) is 7.05. The smallest absolute Gasteiger partial charge is 0.231 e. The fourth-order valence-electron chi connectivity index (χ4n) is 2.43. The minimum absolute atomic E-state index is 0.0909. The first-order valence-corrected chi connectivity index (χ1v) is 7.05. The van der Waals surface area contributed by atoms with E-state index in [1.165, 1.54) is 4.68 Å². The molecule has 0 atom stereocenters. The van der Waals surface area contributed by atoms with Crippen LogP contribution in [0.2, 0.25) is 0 Å². The van der Waals surface area contributed by atoms with Crippen molar-refractivity contribution in [1.29, 1.82) is 5.26 Å². The van der Waals surface area contributed by atoms with Crippen LogP contribution in [-0.4, -0.2) is 9.78 Å². The average molecular weight is 309 g/mol. The Morgan fingerprint density at radius 2 is 1.70 bits per heavy atom. The molecule has 0 saturated carbocycles. The second-order valence-corrected chi connectivity index (χ2v) is 5.13. The van der Waals surface area contributed by atoms with Crippen molar-refractivity contribution < 1.29 is 8.78 Å². The molecule has 0 saturated heterocycles. The van der Waals surface area contributed by atoms with E-state index < -0.39 is 12.1 Å². The number of nitrogens with zero attached hydrogens (tertiary/aromatic N) is 3. The highest BCUT2D eigenvalue weighted by Crippen LogP contribution is 2.33. The predicted molar refractivity (Wildman–Crippen MR) is 83.4 cm³/mol. The summed E-state index contributed by atoms with van der Waals surface area (Å²) in [5.74, 6) is 0. The number of rotatable bonds is 3. The maximum absolute atomic E-state index is 13.3. The van der Waals surface area contributed by atoms with E-state index in [0.717, 1.165) is 5.56 Å². The van der Waals surface area contributed by atoms with Gasteiger partial charge in [-0.3, -0.25) is 0 Å². The van der Waals surface area contributed by atoms with Crippen LogP contribution in [0.4, 0.5) is 8.78 Å². The Morgan fingerprint density at radius 1 is 1.04 bits per heavy atom. The molecule has 0 spiro atoms. The van der Waals surface area contributed by atoms with Crippen molar-refractivity contribution in [3.05, 3.63) is 71.4 Å². The maximum Gasteiger partial charge on any atom is 0.283 e. The van der Waals surface area contributed by atoms with Gasteiger partial charge in [-0.2, -0.15) is 10.4 Å². The number of nitriles is 1. The number of hydrogen-bond acceptors (Lipinski definition) is 2. The van der Waals surface area contributed by atoms with E-state index in [1.807, 2.05) is 31.2 Å². The zero-order chi connectivity index (χ0) is 16.4. The van der Waals surface area contributed by atoms with Crippen molar-refractivity contribution in [2.45, 2.75) is 13.3 Å². The van der Waals surface area contributed by atoms with Crippen LogP contribution in [0.5, 0.6) is 0 Å². The fourth-order valence-corrected chi connectivity index (χ4v) is 2.43. The normalized spacial score (nSPS) is 10.7. The number of aromatic nitrogens is 2. The first kappa shape index (κ1) is 14.9. The summed E-state index contributed by atoms with van der Waals surface area (Å²) in [5, 5.41) is 13.4. The molecule has 2 aromatic carbocycles. The largest absolute Gasteiger partial charge is 0.283 e. The first-order chi connectivity index (χ1) is 11.1. The molecular formula is C18H13F2N3. The molecule has 3 rings (SSSR count). The Kier molecular flexibility index (Phi) is 3.90. The molecule has 1 heterocycles. The van der Waals surface area contributed by atoms with Gasteiger partial charge in [0.05, 0.1) is 11.4 Å². The average Bonchev–Trinajstić information content (AvgIpc) is 2.96. The molecule has 0 amide bonds. The molecule has 0 aliphatic heterocycles. The molecule has 5 heteroatoms. The van der Waals surface area contributed by atoms with Crippen LogP contribution >= 0.6 is 0 Å². The summed E-state index contributed by atoms with van der Waals surface area (Å²) in [6.07, 6.45) is -2.81. The summed E-state index contributed by atoms with van der Waals surface area (Å²) in [5.41, 5.74) is 2.16. The molecule has 0 unspecified atom stereocenters. The summed E-state index contributed by atoms with van der Waals surface area (Å²) >= 11 is 0. The van der Waals surface area contributed by atoms with E-state index >= 15 is 0 Å². The molecule has 0 bridgehead atoms. The Labute approximate surface area is 132 Å². The van der Waals surface area contributed by atoms with Crippen molar-refractivity contribution >= 4 is 0 Å². The summed E-state index contributed by atoms with van der Waals surface area (Å²) < 4.78 is 28.0. The van der Waals surface area contributed by atoms with E-state index in [1.54, 1.807) is 36.4 Å². The Hall–Kier alpha value is -3.00. The molecule has 3 aromatic rings. The van der Waals surface area contributed by atoms with Gasteiger partial charge < -0.3 is 0 Å². The van der Waals surface area contributed by atoms with Gasteiger partial charge in [0, 0.05) is 5.56 Å². The zero-order valence-electron chi connectivity index (χ0n) is 12.4. The highest BCUT2D eigenvalue weighted by atomic mass is 19.3. The molecule has 0 aliphatic rings. The molecule has 3 nitrogen and oxygen atoms in total. The van der Waals surface area contributed by atoms with E-state index in [9.17, 15) is 14.0 Å². The number of benzene rings is 2. The van der Waals surface area contributed by atoms with Crippen molar-refractivity contribution in [2.24, 2.45) is 0 Å². The van der Waals surface area contributed by atoms with Gasteiger partial charge in [0.2, 0.25) is 0 Å². The van der Waals surface area contributed by atoms with Crippen molar-refractivity contribution in [1.82, 2.24) is 9.78 Å². The summed E-state index contributed by atoms with van der Waals surface area (Å²) in [4.78, 5) is 0. The van der Waals surface area contributed by atoms with Gasteiger partial charge in [-0.15, -0.1) is 0 Å². The molecule has 0 radical (unpaired) electrons. The maximum atomic E-state index is 13.3. The third-order valence-corrected chi connectivity index (χ3v) is 3.56. The lowest BCUT2D eigenvalue weighted by molar-refractivity contribution is 0.145.